The zero-order chi connectivity index (χ0) is 12.9. The minimum atomic E-state index is -0.191. The van der Waals surface area contributed by atoms with E-state index in [9.17, 15) is 0 Å². The molecule has 0 saturated heterocycles. The van der Waals surface area contributed by atoms with Crippen molar-refractivity contribution in [2.45, 2.75) is 32.4 Å². The summed E-state index contributed by atoms with van der Waals surface area (Å²) in [6, 6.07) is 3.48. The average Bonchev–Trinajstić information content (AvgIpc) is 2.31. The van der Waals surface area contributed by atoms with Crippen molar-refractivity contribution < 1.29 is 9.47 Å². The van der Waals surface area contributed by atoms with Crippen LogP contribution in [0.1, 0.15) is 26.0 Å². The first-order chi connectivity index (χ1) is 7.98. The van der Waals surface area contributed by atoms with Gasteiger partial charge >= 0.3 is 0 Å². The smallest absolute Gasteiger partial charge is 0.213 e. The summed E-state index contributed by atoms with van der Waals surface area (Å²) in [5.41, 5.74) is 5.97. The summed E-state index contributed by atoms with van der Waals surface area (Å²) in [5, 5.41) is 0.567. The van der Waals surface area contributed by atoms with Crippen LogP contribution in [0, 0.1) is 0 Å². The third kappa shape index (κ3) is 4.50. The largest absolute Gasteiger partial charge is 0.478 e. The molecular formula is C12H19ClN2O2. The Morgan fingerprint density at radius 1 is 1.41 bits per heavy atom. The number of hydrogen-bond donors (Lipinski definition) is 1. The molecule has 0 aliphatic rings. The van der Waals surface area contributed by atoms with Crippen LogP contribution >= 0.6 is 11.6 Å². The molecular weight excluding hydrogens is 240 g/mol. The maximum atomic E-state index is 5.91. The lowest BCUT2D eigenvalue weighted by molar-refractivity contribution is 0.00507. The van der Waals surface area contributed by atoms with Gasteiger partial charge in [-0.05, 0) is 19.9 Å². The molecule has 1 aromatic rings. The van der Waals surface area contributed by atoms with Crippen LogP contribution in [0.25, 0.3) is 0 Å². The molecule has 0 amide bonds. The summed E-state index contributed by atoms with van der Waals surface area (Å²) >= 11 is 5.91. The third-order valence-electron chi connectivity index (χ3n) is 2.59. The molecule has 0 aliphatic heterocycles. The molecule has 1 rings (SSSR count). The quantitative estimate of drug-likeness (QED) is 0.851. The average molecular weight is 259 g/mol. The molecule has 0 radical (unpaired) electrons. The first-order valence-corrected chi connectivity index (χ1v) is 5.90. The normalized spacial score (nSPS) is 11.6. The number of nitrogens with two attached hydrogens (primary N) is 1. The second-order valence-corrected chi connectivity index (χ2v) is 4.75. The zero-order valence-electron chi connectivity index (χ0n) is 10.5. The van der Waals surface area contributed by atoms with Crippen molar-refractivity contribution in [3.8, 4) is 5.88 Å². The van der Waals surface area contributed by atoms with E-state index in [0.29, 0.717) is 29.7 Å². The Bertz CT molecular complexity index is 370. The molecule has 0 bridgehead atoms. The summed E-state index contributed by atoms with van der Waals surface area (Å²) in [6.07, 6.45) is 0.783. The Labute approximate surface area is 107 Å². The van der Waals surface area contributed by atoms with Crippen LogP contribution in [0.2, 0.25) is 5.02 Å². The number of ether oxygens (including phenoxy) is 2. The number of hydrogen-bond acceptors (Lipinski definition) is 4. The van der Waals surface area contributed by atoms with Gasteiger partial charge < -0.3 is 15.2 Å². The number of nitrogens with zero attached hydrogens (tertiary/aromatic N) is 1. The minimum Gasteiger partial charge on any atom is -0.478 e. The van der Waals surface area contributed by atoms with Gasteiger partial charge in [0.1, 0.15) is 0 Å². The van der Waals surface area contributed by atoms with E-state index in [4.69, 9.17) is 26.8 Å². The second-order valence-electron chi connectivity index (χ2n) is 4.34. The molecule has 4 nitrogen and oxygen atoms in total. The van der Waals surface area contributed by atoms with Crippen LogP contribution in [0.15, 0.2) is 12.1 Å². The predicted octanol–water partition coefficient (Wildman–Crippen LogP) is 2.39. The summed E-state index contributed by atoms with van der Waals surface area (Å²) in [7, 11) is 1.69. The van der Waals surface area contributed by atoms with Crippen LogP contribution in [-0.4, -0.2) is 24.3 Å². The van der Waals surface area contributed by atoms with E-state index in [2.05, 4.69) is 4.98 Å². The summed E-state index contributed by atoms with van der Waals surface area (Å²) in [4.78, 5) is 4.22. The van der Waals surface area contributed by atoms with Gasteiger partial charge in [0.05, 0.1) is 22.9 Å². The number of methoxy groups -OCH3 is 1. The molecule has 0 saturated carbocycles. The SMILES string of the molecule is COC(C)(C)CCOc1ccc(Cl)c(CN)n1. The van der Waals surface area contributed by atoms with E-state index in [-0.39, 0.29) is 5.60 Å². The fourth-order valence-corrected chi connectivity index (χ4v) is 1.37. The molecule has 0 atom stereocenters. The maximum Gasteiger partial charge on any atom is 0.213 e. The molecule has 0 spiro atoms. The summed E-state index contributed by atoms with van der Waals surface area (Å²) < 4.78 is 10.8. The molecule has 0 aliphatic carbocycles. The fourth-order valence-electron chi connectivity index (χ4n) is 1.19. The van der Waals surface area contributed by atoms with Gasteiger partial charge in [0.2, 0.25) is 5.88 Å². The third-order valence-corrected chi connectivity index (χ3v) is 2.94. The van der Waals surface area contributed by atoms with Crippen molar-refractivity contribution >= 4 is 11.6 Å². The zero-order valence-corrected chi connectivity index (χ0v) is 11.3. The highest BCUT2D eigenvalue weighted by Gasteiger charge is 2.16. The predicted molar refractivity (Wildman–Crippen MR) is 68.3 cm³/mol. The molecule has 2 N–H and O–H groups in total. The minimum absolute atomic E-state index is 0.191. The van der Waals surface area contributed by atoms with Crippen LogP contribution in [0.3, 0.4) is 0 Å². The Balaban J connectivity index is 2.53. The molecule has 1 aromatic heterocycles. The number of aromatic nitrogens is 1. The van der Waals surface area contributed by atoms with Gasteiger partial charge in [-0.3, -0.25) is 0 Å². The Morgan fingerprint density at radius 3 is 2.71 bits per heavy atom. The van der Waals surface area contributed by atoms with E-state index >= 15 is 0 Å². The highest BCUT2D eigenvalue weighted by molar-refractivity contribution is 6.31. The summed E-state index contributed by atoms with van der Waals surface area (Å²) in [5.74, 6) is 0.543. The van der Waals surface area contributed by atoms with Gasteiger partial charge in [-0.25, -0.2) is 4.98 Å². The molecule has 0 unspecified atom stereocenters. The van der Waals surface area contributed by atoms with Crippen LogP contribution in [-0.2, 0) is 11.3 Å². The van der Waals surface area contributed by atoms with Crippen LogP contribution < -0.4 is 10.5 Å². The Kier molecular flexibility index (Phi) is 5.18. The molecule has 17 heavy (non-hydrogen) atoms. The lowest BCUT2D eigenvalue weighted by atomic mass is 10.1. The van der Waals surface area contributed by atoms with Crippen molar-refractivity contribution in [1.82, 2.24) is 4.98 Å². The molecule has 0 fully saturated rings. The lowest BCUT2D eigenvalue weighted by Crippen LogP contribution is -2.25. The molecule has 0 aromatic carbocycles. The monoisotopic (exact) mass is 258 g/mol. The van der Waals surface area contributed by atoms with Crippen molar-refractivity contribution in [3.05, 3.63) is 22.8 Å². The van der Waals surface area contributed by atoms with Crippen LogP contribution in [0.5, 0.6) is 5.88 Å². The Hall–Kier alpha value is -0.840. The number of pyridine rings is 1. The topological polar surface area (TPSA) is 57.4 Å². The van der Waals surface area contributed by atoms with Crippen LogP contribution in [0.4, 0.5) is 0 Å². The van der Waals surface area contributed by atoms with E-state index < -0.39 is 0 Å². The van der Waals surface area contributed by atoms with Gasteiger partial charge in [-0.1, -0.05) is 11.6 Å². The van der Waals surface area contributed by atoms with Crippen molar-refractivity contribution in [2.75, 3.05) is 13.7 Å². The van der Waals surface area contributed by atoms with E-state index in [0.717, 1.165) is 6.42 Å². The highest BCUT2D eigenvalue weighted by atomic mass is 35.5. The molecule has 96 valence electrons. The first kappa shape index (κ1) is 14.2. The number of halogens is 1. The van der Waals surface area contributed by atoms with E-state index in [1.807, 2.05) is 13.8 Å². The number of rotatable bonds is 6. The highest BCUT2D eigenvalue weighted by Crippen LogP contribution is 2.19. The van der Waals surface area contributed by atoms with Crippen molar-refractivity contribution in [2.24, 2.45) is 5.73 Å². The van der Waals surface area contributed by atoms with Gasteiger partial charge in [0.25, 0.3) is 0 Å². The first-order valence-electron chi connectivity index (χ1n) is 5.52. The maximum absolute atomic E-state index is 5.91. The van der Waals surface area contributed by atoms with Gasteiger partial charge in [0, 0.05) is 26.1 Å². The summed E-state index contributed by atoms with van der Waals surface area (Å²) in [6.45, 7) is 4.87. The standard InChI is InChI=1S/C12H19ClN2O2/c1-12(2,16-3)6-7-17-11-5-4-9(13)10(8-14)15-11/h4-5H,6-8,14H2,1-3H3. The van der Waals surface area contributed by atoms with Gasteiger partial charge in [0.15, 0.2) is 0 Å². The van der Waals surface area contributed by atoms with Crippen molar-refractivity contribution in [1.29, 1.82) is 0 Å². The van der Waals surface area contributed by atoms with Gasteiger partial charge in [-0.15, -0.1) is 0 Å². The van der Waals surface area contributed by atoms with Gasteiger partial charge in [-0.2, -0.15) is 0 Å². The van der Waals surface area contributed by atoms with Crippen molar-refractivity contribution in [3.63, 3.8) is 0 Å². The second kappa shape index (κ2) is 6.19. The molecule has 5 heteroatoms. The fraction of sp³-hybridized carbons (Fsp3) is 0.583. The Morgan fingerprint density at radius 2 is 2.12 bits per heavy atom. The van der Waals surface area contributed by atoms with E-state index in [1.165, 1.54) is 0 Å². The lowest BCUT2D eigenvalue weighted by Gasteiger charge is -2.22. The molecule has 1 heterocycles. The van der Waals surface area contributed by atoms with E-state index in [1.54, 1.807) is 19.2 Å².